The Morgan fingerprint density at radius 3 is 2.74 bits per heavy atom. The van der Waals surface area contributed by atoms with Crippen LogP contribution in [0.4, 0.5) is 4.39 Å². The van der Waals surface area contributed by atoms with Gasteiger partial charge in [-0.1, -0.05) is 13.0 Å². The van der Waals surface area contributed by atoms with Crippen molar-refractivity contribution < 1.29 is 4.39 Å². The minimum Gasteiger partial charge on any atom is -0.352 e. The molecule has 1 aromatic carbocycles. The Morgan fingerprint density at radius 2 is 2.11 bits per heavy atom. The van der Waals surface area contributed by atoms with Crippen LogP contribution in [0.25, 0.3) is 5.69 Å². The zero-order valence-corrected chi connectivity index (χ0v) is 18.3. The number of imidazole rings is 1. The van der Waals surface area contributed by atoms with Crippen LogP contribution in [0, 0.1) is 5.82 Å². The largest absolute Gasteiger partial charge is 0.352 e. The summed E-state index contributed by atoms with van der Waals surface area (Å²) in [5.74, 6) is 0.359. The smallest absolute Gasteiger partial charge is 0.191 e. The summed E-state index contributed by atoms with van der Waals surface area (Å²) >= 11 is 1.69. The van der Waals surface area contributed by atoms with Crippen molar-refractivity contribution in [1.29, 1.82) is 0 Å². The van der Waals surface area contributed by atoms with E-state index in [1.807, 2.05) is 12.3 Å². The number of guanidine groups is 1. The molecule has 9 heteroatoms. The predicted molar refractivity (Wildman–Crippen MR) is 117 cm³/mol. The number of aryl methyl sites for hydroxylation is 1. The lowest BCUT2D eigenvalue weighted by atomic mass is 10.2. The standard InChI is InChI=1S/C18H21FN6S.HI/c1-3-14-10-22-17(26-14)11-24-18(20-2)23-9-13-4-5-16(15(19)8-13)25-7-6-21-12-25;/h4-8,10,12H,3,9,11H2,1-2H3,(H2,20,23,24);1H. The third-order valence-corrected chi connectivity index (χ3v) is 4.98. The van der Waals surface area contributed by atoms with Gasteiger partial charge in [-0.05, 0) is 24.1 Å². The van der Waals surface area contributed by atoms with E-state index in [2.05, 4.69) is 32.5 Å². The molecule has 0 atom stereocenters. The quantitative estimate of drug-likeness (QED) is 0.309. The molecule has 2 N–H and O–H groups in total. The number of hydrogen-bond acceptors (Lipinski definition) is 4. The van der Waals surface area contributed by atoms with E-state index in [1.54, 1.807) is 47.7 Å². The first-order chi connectivity index (χ1) is 12.7. The molecule has 2 aromatic heterocycles. The highest BCUT2D eigenvalue weighted by molar-refractivity contribution is 14.0. The van der Waals surface area contributed by atoms with Crippen molar-refractivity contribution in [3.05, 3.63) is 64.4 Å². The van der Waals surface area contributed by atoms with Gasteiger partial charge in [-0.15, -0.1) is 35.3 Å². The number of halogens is 2. The molecule has 0 aliphatic heterocycles. The van der Waals surface area contributed by atoms with Gasteiger partial charge in [0.25, 0.3) is 0 Å². The van der Waals surface area contributed by atoms with Crippen LogP contribution in [0.1, 0.15) is 22.4 Å². The number of aromatic nitrogens is 3. The van der Waals surface area contributed by atoms with Crippen LogP contribution in [-0.4, -0.2) is 27.5 Å². The van der Waals surface area contributed by atoms with Gasteiger partial charge in [0.15, 0.2) is 5.96 Å². The van der Waals surface area contributed by atoms with Gasteiger partial charge < -0.3 is 15.2 Å². The van der Waals surface area contributed by atoms with E-state index < -0.39 is 0 Å². The summed E-state index contributed by atoms with van der Waals surface area (Å²) in [6.07, 6.45) is 7.81. The lowest BCUT2D eigenvalue weighted by molar-refractivity contribution is 0.615. The fraction of sp³-hybridized carbons (Fsp3) is 0.278. The topological polar surface area (TPSA) is 67.1 Å². The maximum Gasteiger partial charge on any atom is 0.191 e. The molecule has 0 spiro atoms. The number of thiazole rings is 1. The Bertz CT molecular complexity index is 878. The van der Waals surface area contributed by atoms with Crippen LogP contribution < -0.4 is 10.6 Å². The average molecular weight is 500 g/mol. The van der Waals surface area contributed by atoms with Gasteiger partial charge in [0.1, 0.15) is 10.8 Å². The van der Waals surface area contributed by atoms with E-state index in [4.69, 9.17) is 0 Å². The lowest BCUT2D eigenvalue weighted by Gasteiger charge is -2.12. The lowest BCUT2D eigenvalue weighted by Crippen LogP contribution is -2.36. The van der Waals surface area contributed by atoms with Gasteiger partial charge in [0.2, 0.25) is 0 Å². The monoisotopic (exact) mass is 500 g/mol. The van der Waals surface area contributed by atoms with Gasteiger partial charge in [-0.2, -0.15) is 0 Å². The highest BCUT2D eigenvalue weighted by Crippen LogP contribution is 2.15. The number of rotatable bonds is 6. The third-order valence-electron chi connectivity index (χ3n) is 3.84. The minimum atomic E-state index is -0.292. The van der Waals surface area contributed by atoms with Gasteiger partial charge in [0, 0.05) is 37.1 Å². The summed E-state index contributed by atoms with van der Waals surface area (Å²) in [5, 5.41) is 7.42. The SMILES string of the molecule is CCc1cnc(CNC(=NC)NCc2ccc(-n3ccnc3)c(F)c2)s1.I. The molecule has 0 bridgehead atoms. The van der Waals surface area contributed by atoms with E-state index in [0.717, 1.165) is 17.0 Å². The van der Waals surface area contributed by atoms with Gasteiger partial charge in [-0.3, -0.25) is 4.99 Å². The zero-order valence-electron chi connectivity index (χ0n) is 15.1. The van der Waals surface area contributed by atoms with Gasteiger partial charge in [0.05, 0.1) is 18.6 Å². The summed E-state index contributed by atoms with van der Waals surface area (Å²) < 4.78 is 15.9. The molecule has 3 rings (SSSR count). The van der Waals surface area contributed by atoms with E-state index in [9.17, 15) is 4.39 Å². The Labute approximate surface area is 179 Å². The summed E-state index contributed by atoms with van der Waals surface area (Å²) in [7, 11) is 1.71. The second-order valence-corrected chi connectivity index (χ2v) is 6.81. The first-order valence-corrected chi connectivity index (χ1v) is 9.16. The highest BCUT2D eigenvalue weighted by Gasteiger charge is 2.07. The first-order valence-electron chi connectivity index (χ1n) is 8.34. The van der Waals surface area contributed by atoms with E-state index in [0.29, 0.717) is 24.7 Å². The summed E-state index contributed by atoms with van der Waals surface area (Å²) in [5.41, 5.74) is 1.31. The molecule has 0 amide bonds. The van der Waals surface area contributed by atoms with Gasteiger partial charge >= 0.3 is 0 Å². The van der Waals surface area contributed by atoms with Crippen LogP contribution in [0.15, 0.2) is 48.1 Å². The van der Waals surface area contributed by atoms with Crippen LogP contribution in [-0.2, 0) is 19.5 Å². The molecule has 144 valence electrons. The number of hydrogen-bond donors (Lipinski definition) is 2. The van der Waals surface area contributed by atoms with Crippen LogP contribution in [0.2, 0.25) is 0 Å². The second-order valence-electron chi connectivity index (χ2n) is 5.61. The van der Waals surface area contributed by atoms with Crippen molar-refractivity contribution in [3.8, 4) is 5.69 Å². The van der Waals surface area contributed by atoms with Crippen LogP contribution >= 0.6 is 35.3 Å². The van der Waals surface area contributed by atoms with E-state index in [-0.39, 0.29) is 29.8 Å². The van der Waals surface area contributed by atoms with Crippen molar-refractivity contribution in [1.82, 2.24) is 25.2 Å². The zero-order chi connectivity index (χ0) is 18.4. The van der Waals surface area contributed by atoms with E-state index in [1.165, 1.54) is 10.9 Å². The molecule has 0 saturated heterocycles. The van der Waals surface area contributed by atoms with Crippen molar-refractivity contribution in [2.45, 2.75) is 26.4 Å². The fourth-order valence-corrected chi connectivity index (χ4v) is 3.23. The number of benzene rings is 1. The Kier molecular flexibility index (Phi) is 8.17. The molecule has 0 aliphatic rings. The Balaban J connectivity index is 0.00000261. The fourth-order valence-electron chi connectivity index (χ4n) is 2.43. The van der Waals surface area contributed by atoms with Crippen LogP contribution in [0.3, 0.4) is 0 Å². The van der Waals surface area contributed by atoms with Crippen molar-refractivity contribution >= 4 is 41.3 Å². The second kappa shape index (κ2) is 10.4. The molecule has 0 unspecified atom stereocenters. The molecule has 2 heterocycles. The predicted octanol–water partition coefficient (Wildman–Crippen LogP) is 3.51. The molecular weight excluding hydrogens is 478 g/mol. The molecule has 0 fully saturated rings. The minimum absolute atomic E-state index is 0. The first kappa shape index (κ1) is 21.3. The normalized spacial score (nSPS) is 11.1. The number of nitrogens with one attached hydrogen (secondary N) is 2. The number of aliphatic imine (C=N–C) groups is 1. The molecule has 27 heavy (non-hydrogen) atoms. The molecular formula is C18H22FIN6S. The maximum atomic E-state index is 14.3. The molecule has 0 radical (unpaired) electrons. The third kappa shape index (κ3) is 5.73. The van der Waals surface area contributed by atoms with Crippen LogP contribution in [0.5, 0.6) is 0 Å². The average Bonchev–Trinajstić information content (AvgIpc) is 3.33. The van der Waals surface area contributed by atoms with Crippen molar-refractivity contribution in [2.75, 3.05) is 7.05 Å². The number of nitrogens with zero attached hydrogens (tertiary/aromatic N) is 4. The van der Waals surface area contributed by atoms with E-state index >= 15 is 0 Å². The Hall–Kier alpha value is -2.01. The van der Waals surface area contributed by atoms with Crippen molar-refractivity contribution in [3.63, 3.8) is 0 Å². The summed E-state index contributed by atoms with van der Waals surface area (Å²) in [6.45, 7) is 3.19. The summed E-state index contributed by atoms with van der Waals surface area (Å²) in [4.78, 5) is 13.8. The maximum absolute atomic E-state index is 14.3. The molecule has 0 aliphatic carbocycles. The highest BCUT2D eigenvalue weighted by atomic mass is 127. The Morgan fingerprint density at radius 1 is 1.30 bits per heavy atom. The van der Waals surface area contributed by atoms with Gasteiger partial charge in [-0.25, -0.2) is 14.4 Å². The molecule has 3 aromatic rings. The molecule has 0 saturated carbocycles. The molecule has 6 nitrogen and oxygen atoms in total. The summed E-state index contributed by atoms with van der Waals surface area (Å²) in [6, 6.07) is 5.14. The van der Waals surface area contributed by atoms with Crippen molar-refractivity contribution in [2.24, 2.45) is 4.99 Å².